The molecule has 0 radical (unpaired) electrons. The first kappa shape index (κ1) is 12.1. The molecule has 0 fully saturated rings. The van der Waals surface area contributed by atoms with Crippen LogP contribution in [0.3, 0.4) is 0 Å². The number of rotatable bonds is 3. The van der Waals surface area contributed by atoms with E-state index in [0.29, 0.717) is 16.1 Å². The van der Waals surface area contributed by atoms with Crippen molar-refractivity contribution in [2.45, 2.75) is 0 Å². The van der Waals surface area contributed by atoms with Gasteiger partial charge in [-0.2, -0.15) is 0 Å². The van der Waals surface area contributed by atoms with Crippen molar-refractivity contribution in [3.05, 3.63) is 40.8 Å². The summed E-state index contributed by atoms with van der Waals surface area (Å²) in [6, 6.07) is 8.46. The van der Waals surface area contributed by atoms with Gasteiger partial charge in [-0.05, 0) is 23.8 Å². The van der Waals surface area contributed by atoms with Crippen LogP contribution in [0, 0.1) is 0 Å². The van der Waals surface area contributed by atoms with Crippen LogP contribution < -0.4 is 17.2 Å². The fourth-order valence-electron chi connectivity index (χ4n) is 1.57. The van der Waals surface area contributed by atoms with E-state index in [0.717, 1.165) is 10.4 Å². The maximum atomic E-state index is 11.1. The summed E-state index contributed by atoms with van der Waals surface area (Å²) in [6.07, 6.45) is 0. The molecule has 2 amide bonds. The minimum absolute atomic E-state index is 0.314. The molecule has 0 atom stereocenters. The zero-order valence-corrected chi connectivity index (χ0v) is 10.2. The van der Waals surface area contributed by atoms with Gasteiger partial charge in [-0.25, -0.2) is 0 Å². The lowest BCUT2D eigenvalue weighted by Crippen LogP contribution is -2.10. The minimum Gasteiger partial charge on any atom is -0.397 e. The highest BCUT2D eigenvalue weighted by molar-refractivity contribution is 7.18. The van der Waals surface area contributed by atoms with Crippen LogP contribution in [0.15, 0.2) is 30.3 Å². The number of hydrogen-bond donors (Lipinski definition) is 3. The van der Waals surface area contributed by atoms with E-state index in [1.807, 2.05) is 6.07 Å². The van der Waals surface area contributed by atoms with E-state index in [-0.39, 0.29) is 0 Å². The number of primary amides is 2. The first-order valence-electron chi connectivity index (χ1n) is 5.08. The lowest BCUT2D eigenvalue weighted by Gasteiger charge is -1.99. The molecule has 18 heavy (non-hydrogen) atoms. The normalized spacial score (nSPS) is 10.2. The summed E-state index contributed by atoms with van der Waals surface area (Å²) < 4.78 is 0. The number of nitrogens with two attached hydrogens (primary N) is 3. The molecule has 92 valence electrons. The Morgan fingerprint density at radius 3 is 2.33 bits per heavy atom. The van der Waals surface area contributed by atoms with Gasteiger partial charge in [0.1, 0.15) is 4.88 Å². The highest BCUT2D eigenvalue weighted by Gasteiger charge is 2.13. The molecule has 0 saturated carbocycles. The molecule has 1 aromatic carbocycles. The Morgan fingerprint density at radius 1 is 1.06 bits per heavy atom. The monoisotopic (exact) mass is 261 g/mol. The second-order valence-corrected chi connectivity index (χ2v) is 4.76. The van der Waals surface area contributed by atoms with E-state index in [1.54, 1.807) is 24.3 Å². The Balaban J connectivity index is 2.49. The summed E-state index contributed by atoms with van der Waals surface area (Å²) >= 11 is 1.19. The second-order valence-electron chi connectivity index (χ2n) is 3.70. The minimum atomic E-state index is -0.560. The molecule has 1 heterocycles. The number of anilines is 1. The van der Waals surface area contributed by atoms with Crippen LogP contribution in [-0.2, 0) is 0 Å². The van der Waals surface area contributed by atoms with E-state index in [4.69, 9.17) is 17.2 Å². The number of hydrogen-bond acceptors (Lipinski definition) is 4. The zero-order chi connectivity index (χ0) is 13.3. The molecule has 0 aliphatic rings. The summed E-state index contributed by atoms with van der Waals surface area (Å²) in [6.45, 7) is 0. The summed E-state index contributed by atoms with van der Waals surface area (Å²) in [7, 11) is 0. The quantitative estimate of drug-likeness (QED) is 0.771. The average Bonchev–Trinajstić information content (AvgIpc) is 2.71. The number of nitrogen functional groups attached to an aromatic ring is 1. The van der Waals surface area contributed by atoms with E-state index < -0.39 is 11.8 Å². The third kappa shape index (κ3) is 2.18. The van der Waals surface area contributed by atoms with Gasteiger partial charge >= 0.3 is 0 Å². The predicted octanol–water partition coefficient (Wildman–Crippen LogP) is 1.20. The van der Waals surface area contributed by atoms with E-state index >= 15 is 0 Å². The summed E-state index contributed by atoms with van der Waals surface area (Å²) in [4.78, 5) is 23.3. The summed E-state index contributed by atoms with van der Waals surface area (Å²) in [5.74, 6) is -1.06. The maximum Gasteiger partial charge on any atom is 0.260 e. The molecule has 0 aliphatic heterocycles. The van der Waals surface area contributed by atoms with E-state index in [9.17, 15) is 9.59 Å². The SMILES string of the molecule is NC(=O)c1cccc(-c2cc(N)c(C(N)=O)s2)c1. The fraction of sp³-hybridized carbons (Fsp3) is 0. The molecular formula is C12H11N3O2S. The molecule has 0 saturated heterocycles. The molecule has 0 unspecified atom stereocenters. The van der Waals surface area contributed by atoms with Gasteiger partial charge in [0.05, 0.1) is 5.69 Å². The van der Waals surface area contributed by atoms with Crippen LogP contribution in [0.1, 0.15) is 20.0 Å². The van der Waals surface area contributed by atoms with Gasteiger partial charge in [-0.1, -0.05) is 12.1 Å². The molecule has 2 aromatic rings. The Labute approximate surface area is 107 Å². The highest BCUT2D eigenvalue weighted by atomic mass is 32.1. The molecule has 5 nitrogen and oxygen atoms in total. The van der Waals surface area contributed by atoms with Crippen molar-refractivity contribution >= 4 is 28.8 Å². The van der Waals surface area contributed by atoms with Gasteiger partial charge in [0.15, 0.2) is 0 Å². The molecule has 6 heteroatoms. The zero-order valence-electron chi connectivity index (χ0n) is 9.34. The van der Waals surface area contributed by atoms with Gasteiger partial charge in [-0.15, -0.1) is 11.3 Å². The molecular weight excluding hydrogens is 250 g/mol. The van der Waals surface area contributed by atoms with Crippen molar-refractivity contribution in [1.82, 2.24) is 0 Å². The number of carbonyl (C=O) groups is 2. The van der Waals surface area contributed by atoms with E-state index in [2.05, 4.69) is 0 Å². The van der Waals surface area contributed by atoms with Crippen molar-refractivity contribution in [3.63, 3.8) is 0 Å². The number of carbonyl (C=O) groups excluding carboxylic acids is 2. The van der Waals surface area contributed by atoms with Gasteiger partial charge in [-0.3, -0.25) is 9.59 Å². The standard InChI is InChI=1S/C12H11N3O2S/c13-8-5-9(18-10(8)12(15)17)6-2-1-3-7(4-6)11(14)16/h1-5H,13H2,(H2,14,16)(H2,15,17). The molecule has 2 rings (SSSR count). The van der Waals surface area contributed by atoms with Crippen molar-refractivity contribution in [2.75, 3.05) is 5.73 Å². The van der Waals surface area contributed by atoms with Crippen LogP contribution in [0.2, 0.25) is 0 Å². The third-order valence-corrected chi connectivity index (χ3v) is 3.63. The lowest BCUT2D eigenvalue weighted by atomic mass is 10.1. The van der Waals surface area contributed by atoms with Crippen molar-refractivity contribution in [2.24, 2.45) is 11.5 Å². The van der Waals surface area contributed by atoms with Crippen molar-refractivity contribution < 1.29 is 9.59 Å². The number of benzene rings is 1. The maximum absolute atomic E-state index is 11.1. The Morgan fingerprint density at radius 2 is 1.78 bits per heavy atom. The first-order chi connectivity index (χ1) is 8.49. The summed E-state index contributed by atoms with van der Waals surface area (Å²) in [5.41, 5.74) is 17.6. The topological polar surface area (TPSA) is 112 Å². The fourth-order valence-corrected chi connectivity index (χ4v) is 2.49. The third-order valence-electron chi connectivity index (χ3n) is 2.42. The summed E-state index contributed by atoms with van der Waals surface area (Å²) in [5, 5.41) is 0. The number of amides is 2. The number of thiophene rings is 1. The molecule has 6 N–H and O–H groups in total. The Kier molecular flexibility index (Phi) is 3.03. The Hall–Kier alpha value is -2.34. The molecule has 0 spiro atoms. The molecule has 0 aliphatic carbocycles. The van der Waals surface area contributed by atoms with Crippen LogP contribution in [-0.4, -0.2) is 11.8 Å². The van der Waals surface area contributed by atoms with Crippen LogP contribution in [0.4, 0.5) is 5.69 Å². The predicted molar refractivity (Wildman–Crippen MR) is 71.2 cm³/mol. The van der Waals surface area contributed by atoms with Crippen molar-refractivity contribution in [1.29, 1.82) is 0 Å². The van der Waals surface area contributed by atoms with Gasteiger partial charge < -0.3 is 17.2 Å². The largest absolute Gasteiger partial charge is 0.397 e. The second kappa shape index (κ2) is 4.50. The molecule has 1 aromatic heterocycles. The van der Waals surface area contributed by atoms with Crippen LogP contribution in [0.25, 0.3) is 10.4 Å². The van der Waals surface area contributed by atoms with Gasteiger partial charge in [0, 0.05) is 10.4 Å². The smallest absolute Gasteiger partial charge is 0.260 e. The lowest BCUT2D eigenvalue weighted by molar-refractivity contribution is 0.0993. The van der Waals surface area contributed by atoms with Crippen molar-refractivity contribution in [3.8, 4) is 10.4 Å². The molecule has 0 bridgehead atoms. The Bertz CT molecular complexity index is 634. The van der Waals surface area contributed by atoms with Gasteiger partial charge in [0.25, 0.3) is 5.91 Å². The van der Waals surface area contributed by atoms with Crippen LogP contribution >= 0.6 is 11.3 Å². The first-order valence-corrected chi connectivity index (χ1v) is 5.90. The average molecular weight is 261 g/mol. The van der Waals surface area contributed by atoms with E-state index in [1.165, 1.54) is 11.3 Å². The van der Waals surface area contributed by atoms with Crippen LogP contribution in [0.5, 0.6) is 0 Å². The van der Waals surface area contributed by atoms with Gasteiger partial charge in [0.2, 0.25) is 5.91 Å². The highest BCUT2D eigenvalue weighted by Crippen LogP contribution is 2.33.